The Hall–Kier alpha value is -3.55. The van der Waals surface area contributed by atoms with Crippen molar-refractivity contribution >= 4 is 23.3 Å². The molecule has 0 spiro atoms. The SMILES string of the molecule is COc1cc(CC(=O)OCC(=O)c2ccc(NC(=O)C(C)(C)C)cc2)cc(OC)c1OC. The minimum atomic E-state index is -0.568. The van der Waals surface area contributed by atoms with Crippen LogP contribution in [-0.4, -0.2) is 45.6 Å². The molecule has 2 aromatic rings. The highest BCUT2D eigenvalue weighted by molar-refractivity contribution is 5.99. The number of carbonyl (C=O) groups excluding carboxylic acids is 3. The van der Waals surface area contributed by atoms with Crippen LogP contribution in [-0.2, 0) is 20.7 Å². The van der Waals surface area contributed by atoms with Crippen LogP contribution in [0.2, 0.25) is 0 Å². The zero-order valence-corrected chi connectivity index (χ0v) is 19.2. The molecule has 0 radical (unpaired) electrons. The zero-order chi connectivity index (χ0) is 23.9. The summed E-state index contributed by atoms with van der Waals surface area (Å²) in [6.45, 7) is 5.04. The number of ketones is 1. The average Bonchev–Trinajstić information content (AvgIpc) is 2.76. The molecule has 0 aromatic heterocycles. The minimum Gasteiger partial charge on any atom is -0.493 e. The van der Waals surface area contributed by atoms with E-state index in [4.69, 9.17) is 18.9 Å². The second kappa shape index (κ2) is 10.7. The van der Waals surface area contributed by atoms with Crippen LogP contribution in [0.15, 0.2) is 36.4 Å². The van der Waals surface area contributed by atoms with Gasteiger partial charge in [0.05, 0.1) is 27.8 Å². The molecule has 2 aromatic carbocycles. The lowest BCUT2D eigenvalue weighted by Gasteiger charge is -2.17. The van der Waals surface area contributed by atoms with E-state index in [1.165, 1.54) is 21.3 Å². The van der Waals surface area contributed by atoms with Gasteiger partial charge in [-0.2, -0.15) is 0 Å². The second-order valence-corrected chi connectivity index (χ2v) is 8.08. The summed E-state index contributed by atoms with van der Waals surface area (Å²) in [5.74, 6) is 0.217. The van der Waals surface area contributed by atoms with E-state index in [2.05, 4.69) is 5.32 Å². The first-order chi connectivity index (χ1) is 15.1. The number of rotatable bonds is 9. The Bertz CT molecular complexity index is 950. The van der Waals surface area contributed by atoms with Gasteiger partial charge in [0.25, 0.3) is 0 Å². The monoisotopic (exact) mass is 443 g/mol. The van der Waals surface area contributed by atoms with Crippen molar-refractivity contribution in [3.63, 3.8) is 0 Å². The average molecular weight is 443 g/mol. The Balaban J connectivity index is 1.96. The lowest BCUT2D eigenvalue weighted by atomic mass is 9.95. The third-order valence-electron chi connectivity index (χ3n) is 4.58. The summed E-state index contributed by atoms with van der Waals surface area (Å²) in [4.78, 5) is 36.6. The maximum Gasteiger partial charge on any atom is 0.310 e. The first-order valence-electron chi connectivity index (χ1n) is 9.98. The van der Waals surface area contributed by atoms with Crippen molar-refractivity contribution in [1.82, 2.24) is 0 Å². The fourth-order valence-electron chi connectivity index (χ4n) is 2.74. The largest absolute Gasteiger partial charge is 0.493 e. The molecule has 1 amide bonds. The number of Topliss-reactive ketones (excluding diaryl/α,β-unsaturated/α-hetero) is 1. The molecule has 0 saturated carbocycles. The quantitative estimate of drug-likeness (QED) is 0.466. The normalized spacial score (nSPS) is 10.8. The van der Waals surface area contributed by atoms with Crippen molar-refractivity contribution in [3.05, 3.63) is 47.5 Å². The van der Waals surface area contributed by atoms with E-state index in [9.17, 15) is 14.4 Å². The van der Waals surface area contributed by atoms with Crippen LogP contribution in [0, 0.1) is 5.41 Å². The number of hydrogen-bond acceptors (Lipinski definition) is 7. The molecular formula is C24H29NO7. The van der Waals surface area contributed by atoms with Crippen LogP contribution in [0.1, 0.15) is 36.7 Å². The Morgan fingerprint density at radius 1 is 0.875 bits per heavy atom. The number of hydrogen-bond donors (Lipinski definition) is 1. The van der Waals surface area contributed by atoms with Crippen molar-refractivity contribution in [3.8, 4) is 17.2 Å². The van der Waals surface area contributed by atoms with Crippen LogP contribution >= 0.6 is 0 Å². The summed E-state index contributed by atoms with van der Waals surface area (Å²) in [7, 11) is 4.46. The molecular weight excluding hydrogens is 414 g/mol. The maximum absolute atomic E-state index is 12.4. The maximum atomic E-state index is 12.4. The lowest BCUT2D eigenvalue weighted by molar-refractivity contribution is -0.141. The molecule has 0 bridgehead atoms. The van der Waals surface area contributed by atoms with E-state index in [-0.39, 0.29) is 18.1 Å². The highest BCUT2D eigenvalue weighted by atomic mass is 16.5. The van der Waals surface area contributed by atoms with Gasteiger partial charge in [-0.25, -0.2) is 0 Å². The fourth-order valence-corrected chi connectivity index (χ4v) is 2.74. The Kier molecular flexibility index (Phi) is 8.23. The molecule has 0 saturated heterocycles. The van der Waals surface area contributed by atoms with E-state index >= 15 is 0 Å². The van der Waals surface area contributed by atoms with Crippen LogP contribution in [0.4, 0.5) is 5.69 Å². The summed E-state index contributed by atoms with van der Waals surface area (Å²) in [5.41, 5.74) is 1.02. The molecule has 0 unspecified atom stereocenters. The summed E-state index contributed by atoms with van der Waals surface area (Å²) in [5, 5.41) is 2.79. The summed E-state index contributed by atoms with van der Waals surface area (Å²) < 4.78 is 20.9. The van der Waals surface area contributed by atoms with Gasteiger partial charge in [-0.1, -0.05) is 20.8 Å². The van der Waals surface area contributed by atoms with Gasteiger partial charge in [0.1, 0.15) is 0 Å². The molecule has 32 heavy (non-hydrogen) atoms. The molecule has 8 nitrogen and oxygen atoms in total. The van der Waals surface area contributed by atoms with E-state index in [0.29, 0.717) is 34.1 Å². The predicted octanol–water partition coefficient (Wildman–Crippen LogP) is 3.67. The zero-order valence-electron chi connectivity index (χ0n) is 19.2. The Morgan fingerprint density at radius 3 is 1.91 bits per heavy atom. The molecule has 0 atom stereocenters. The number of benzene rings is 2. The van der Waals surface area contributed by atoms with Gasteiger partial charge in [0.15, 0.2) is 23.9 Å². The number of ether oxygens (including phenoxy) is 4. The third-order valence-corrected chi connectivity index (χ3v) is 4.58. The van der Waals surface area contributed by atoms with Crippen molar-refractivity contribution in [2.45, 2.75) is 27.2 Å². The van der Waals surface area contributed by atoms with Gasteiger partial charge in [0, 0.05) is 16.7 Å². The van der Waals surface area contributed by atoms with Gasteiger partial charge in [-0.15, -0.1) is 0 Å². The van der Waals surface area contributed by atoms with E-state index in [1.807, 2.05) is 20.8 Å². The number of methoxy groups -OCH3 is 3. The van der Waals surface area contributed by atoms with Crippen molar-refractivity contribution in [1.29, 1.82) is 0 Å². The van der Waals surface area contributed by atoms with Crippen LogP contribution in [0.3, 0.4) is 0 Å². The van der Waals surface area contributed by atoms with E-state index in [0.717, 1.165) is 0 Å². The Labute approximate surface area is 187 Å². The first kappa shape index (κ1) is 24.7. The number of nitrogens with one attached hydrogen (secondary N) is 1. The Morgan fingerprint density at radius 2 is 1.44 bits per heavy atom. The molecule has 0 heterocycles. The molecule has 0 fully saturated rings. The molecule has 0 aliphatic rings. The van der Waals surface area contributed by atoms with E-state index in [1.54, 1.807) is 36.4 Å². The van der Waals surface area contributed by atoms with Gasteiger partial charge < -0.3 is 24.3 Å². The third kappa shape index (κ3) is 6.47. The topological polar surface area (TPSA) is 100 Å². The summed E-state index contributed by atoms with van der Waals surface area (Å²) in [6.07, 6.45) is -0.0677. The van der Waals surface area contributed by atoms with Gasteiger partial charge in [-0.05, 0) is 42.0 Å². The van der Waals surface area contributed by atoms with Gasteiger partial charge in [-0.3, -0.25) is 14.4 Å². The van der Waals surface area contributed by atoms with Crippen LogP contribution in [0.5, 0.6) is 17.2 Å². The number of esters is 1. The van der Waals surface area contributed by atoms with Crippen molar-refractivity contribution in [2.24, 2.45) is 5.41 Å². The van der Waals surface area contributed by atoms with E-state index < -0.39 is 18.0 Å². The molecule has 0 aliphatic heterocycles. The minimum absolute atomic E-state index is 0.0677. The van der Waals surface area contributed by atoms with Crippen LogP contribution in [0.25, 0.3) is 0 Å². The number of anilines is 1. The van der Waals surface area contributed by atoms with Crippen molar-refractivity contribution in [2.75, 3.05) is 33.3 Å². The molecule has 0 aliphatic carbocycles. The number of carbonyl (C=O) groups is 3. The highest BCUT2D eigenvalue weighted by Crippen LogP contribution is 2.38. The fraction of sp³-hybridized carbons (Fsp3) is 0.375. The number of amides is 1. The second-order valence-electron chi connectivity index (χ2n) is 8.08. The summed E-state index contributed by atoms with van der Waals surface area (Å²) in [6, 6.07) is 9.72. The summed E-state index contributed by atoms with van der Waals surface area (Å²) >= 11 is 0. The standard InChI is InChI=1S/C24H29NO7/c1-24(2,3)23(28)25-17-9-7-16(8-10-17)18(26)14-32-21(27)13-15-11-19(29-4)22(31-6)20(12-15)30-5/h7-12H,13-14H2,1-6H3,(H,25,28). The van der Waals surface area contributed by atoms with Gasteiger partial charge in [0.2, 0.25) is 11.7 Å². The highest BCUT2D eigenvalue weighted by Gasteiger charge is 2.21. The smallest absolute Gasteiger partial charge is 0.310 e. The predicted molar refractivity (Wildman–Crippen MR) is 120 cm³/mol. The lowest BCUT2D eigenvalue weighted by Crippen LogP contribution is -2.27. The molecule has 1 N–H and O–H groups in total. The first-order valence-corrected chi connectivity index (χ1v) is 9.98. The van der Waals surface area contributed by atoms with Gasteiger partial charge >= 0.3 is 5.97 Å². The molecule has 172 valence electrons. The molecule has 2 rings (SSSR count). The van der Waals surface area contributed by atoms with Crippen LogP contribution < -0.4 is 19.5 Å². The van der Waals surface area contributed by atoms with Crippen molar-refractivity contribution < 1.29 is 33.3 Å². The molecule has 8 heteroatoms.